The van der Waals surface area contributed by atoms with Crippen LogP contribution < -0.4 is 5.32 Å². The van der Waals surface area contributed by atoms with Gasteiger partial charge in [0.25, 0.3) is 0 Å². The van der Waals surface area contributed by atoms with Crippen molar-refractivity contribution in [3.05, 3.63) is 34.3 Å². The molecule has 1 heterocycles. The van der Waals surface area contributed by atoms with Gasteiger partial charge in [0.1, 0.15) is 0 Å². The Kier molecular flexibility index (Phi) is 4.44. The molecule has 120 valence electrons. The van der Waals surface area contributed by atoms with Crippen molar-refractivity contribution in [3.8, 4) is 0 Å². The normalized spacial score (nSPS) is 31.0. The number of aryl methyl sites for hydroxylation is 1. The summed E-state index contributed by atoms with van der Waals surface area (Å²) in [6, 6.07) is 6.51. The summed E-state index contributed by atoms with van der Waals surface area (Å²) in [6.07, 6.45) is 3.17. The molecule has 0 aromatic heterocycles. The highest BCUT2D eigenvalue weighted by molar-refractivity contribution is 6.31. The minimum atomic E-state index is -0.696. The van der Waals surface area contributed by atoms with Gasteiger partial charge in [-0.2, -0.15) is 0 Å². The molecule has 0 radical (unpaired) electrons. The van der Waals surface area contributed by atoms with Gasteiger partial charge in [0.15, 0.2) is 0 Å². The molecule has 2 N–H and O–H groups in total. The number of halogens is 1. The number of hydrogen-bond donors (Lipinski definition) is 2. The smallest absolute Gasteiger partial charge is 0.306 e. The van der Waals surface area contributed by atoms with E-state index in [1.807, 2.05) is 19.1 Å². The summed E-state index contributed by atoms with van der Waals surface area (Å²) >= 11 is 6.15. The summed E-state index contributed by atoms with van der Waals surface area (Å²) in [5.41, 5.74) is 2.06. The molecule has 0 amide bonds. The molecule has 1 spiro atoms. The number of carboxylic acid groups (broad SMARTS) is 1. The van der Waals surface area contributed by atoms with Crippen molar-refractivity contribution >= 4 is 17.6 Å². The Hall–Kier alpha value is -1.10. The fourth-order valence-electron chi connectivity index (χ4n) is 3.51. The molecule has 1 aliphatic carbocycles. The summed E-state index contributed by atoms with van der Waals surface area (Å²) in [7, 11) is 0. The first-order chi connectivity index (χ1) is 10.5. The third kappa shape index (κ3) is 3.29. The van der Waals surface area contributed by atoms with Gasteiger partial charge >= 0.3 is 5.97 Å². The number of carbonyl (C=O) groups is 1. The molecule has 0 bridgehead atoms. The maximum atomic E-state index is 11.0. The number of nitrogens with one attached hydrogen (secondary N) is 1. The lowest BCUT2D eigenvalue weighted by Gasteiger charge is -2.50. The molecule has 1 unspecified atom stereocenters. The molecule has 1 aromatic rings. The van der Waals surface area contributed by atoms with Crippen molar-refractivity contribution in [1.82, 2.24) is 5.32 Å². The Labute approximate surface area is 135 Å². The first kappa shape index (κ1) is 15.8. The summed E-state index contributed by atoms with van der Waals surface area (Å²) in [5.74, 6) is -0.923. The van der Waals surface area contributed by atoms with Crippen molar-refractivity contribution in [3.63, 3.8) is 0 Å². The molecule has 4 nitrogen and oxygen atoms in total. The minimum Gasteiger partial charge on any atom is -0.481 e. The van der Waals surface area contributed by atoms with E-state index in [1.165, 1.54) is 5.56 Å². The summed E-state index contributed by atoms with van der Waals surface area (Å²) in [4.78, 5) is 11.0. The SMILES string of the molecule is Cc1ccc(CNC2CCOC3(C2)CC(C(=O)O)C3)cc1Cl. The van der Waals surface area contributed by atoms with Gasteiger partial charge in [-0.3, -0.25) is 4.79 Å². The van der Waals surface area contributed by atoms with Crippen LogP contribution >= 0.6 is 11.6 Å². The first-order valence-corrected chi connectivity index (χ1v) is 8.20. The number of aliphatic carboxylic acids is 1. The topological polar surface area (TPSA) is 58.6 Å². The molecule has 5 heteroatoms. The third-order valence-electron chi connectivity index (χ3n) is 4.91. The van der Waals surface area contributed by atoms with Crippen LogP contribution in [0.3, 0.4) is 0 Å². The number of benzene rings is 1. The quantitative estimate of drug-likeness (QED) is 0.893. The van der Waals surface area contributed by atoms with Crippen molar-refractivity contribution in [2.24, 2.45) is 5.92 Å². The zero-order chi connectivity index (χ0) is 15.7. The molecule has 3 rings (SSSR count). The van der Waals surface area contributed by atoms with E-state index in [2.05, 4.69) is 11.4 Å². The van der Waals surface area contributed by atoms with Gasteiger partial charge in [-0.05, 0) is 49.8 Å². The van der Waals surface area contributed by atoms with Crippen molar-refractivity contribution in [1.29, 1.82) is 0 Å². The van der Waals surface area contributed by atoms with Crippen LogP contribution in [0.1, 0.15) is 36.8 Å². The highest BCUT2D eigenvalue weighted by atomic mass is 35.5. The third-order valence-corrected chi connectivity index (χ3v) is 5.32. The van der Waals surface area contributed by atoms with Crippen LogP contribution in [0.4, 0.5) is 0 Å². The lowest BCUT2D eigenvalue weighted by atomic mass is 9.66. The first-order valence-electron chi connectivity index (χ1n) is 7.83. The van der Waals surface area contributed by atoms with Gasteiger partial charge in [0, 0.05) is 24.2 Å². The van der Waals surface area contributed by atoms with Gasteiger partial charge in [-0.25, -0.2) is 0 Å². The second-order valence-corrected chi connectivity index (χ2v) is 7.04. The van der Waals surface area contributed by atoms with E-state index in [1.54, 1.807) is 0 Å². The molecule has 1 atom stereocenters. The van der Waals surface area contributed by atoms with E-state index in [9.17, 15) is 4.79 Å². The average molecular weight is 324 g/mol. The standard InChI is InChI=1S/C17H22ClNO3/c1-11-2-3-12(6-15(11)18)10-19-14-4-5-22-17(9-14)7-13(8-17)16(20)21/h2-3,6,13-14,19H,4-5,7-10H2,1H3,(H,20,21). The van der Waals surface area contributed by atoms with E-state index in [0.717, 1.165) is 30.0 Å². The molecular weight excluding hydrogens is 302 g/mol. The monoisotopic (exact) mass is 323 g/mol. The van der Waals surface area contributed by atoms with Crippen LogP contribution in [0.2, 0.25) is 5.02 Å². The lowest BCUT2D eigenvalue weighted by molar-refractivity contribution is -0.181. The maximum absolute atomic E-state index is 11.0. The molecule has 1 aromatic carbocycles. The highest BCUT2D eigenvalue weighted by Crippen LogP contribution is 2.46. The lowest BCUT2D eigenvalue weighted by Crippen LogP contribution is -2.55. The molecule has 1 saturated carbocycles. The predicted octanol–water partition coefficient (Wildman–Crippen LogP) is 3.15. The van der Waals surface area contributed by atoms with Gasteiger partial charge in [0.2, 0.25) is 0 Å². The Morgan fingerprint density at radius 1 is 1.45 bits per heavy atom. The van der Waals surface area contributed by atoms with Crippen molar-refractivity contribution < 1.29 is 14.6 Å². The van der Waals surface area contributed by atoms with Gasteiger partial charge < -0.3 is 15.2 Å². The molecule has 2 fully saturated rings. The number of hydrogen-bond acceptors (Lipinski definition) is 3. The highest BCUT2D eigenvalue weighted by Gasteiger charge is 2.50. The Morgan fingerprint density at radius 2 is 2.23 bits per heavy atom. The van der Waals surface area contributed by atoms with Crippen LogP contribution in [-0.2, 0) is 16.1 Å². The fourth-order valence-corrected chi connectivity index (χ4v) is 3.71. The van der Waals surface area contributed by atoms with Crippen LogP contribution in [-0.4, -0.2) is 29.3 Å². The molecule has 1 saturated heterocycles. The van der Waals surface area contributed by atoms with Crippen LogP contribution in [0.5, 0.6) is 0 Å². The largest absolute Gasteiger partial charge is 0.481 e. The second-order valence-electron chi connectivity index (χ2n) is 6.63. The van der Waals surface area contributed by atoms with Crippen molar-refractivity contribution in [2.75, 3.05) is 6.61 Å². The average Bonchev–Trinajstić information content (AvgIpc) is 2.46. The molecular formula is C17H22ClNO3. The maximum Gasteiger partial charge on any atom is 0.306 e. The zero-order valence-electron chi connectivity index (χ0n) is 12.8. The van der Waals surface area contributed by atoms with Gasteiger partial charge in [-0.15, -0.1) is 0 Å². The number of ether oxygens (including phenoxy) is 1. The fraction of sp³-hybridized carbons (Fsp3) is 0.588. The Balaban J connectivity index is 1.53. The van der Waals surface area contributed by atoms with Gasteiger partial charge in [-0.1, -0.05) is 23.7 Å². The predicted molar refractivity (Wildman–Crippen MR) is 85.1 cm³/mol. The summed E-state index contributed by atoms with van der Waals surface area (Å²) in [5, 5.41) is 13.4. The van der Waals surface area contributed by atoms with Crippen molar-refractivity contribution in [2.45, 2.75) is 50.8 Å². The van der Waals surface area contributed by atoms with E-state index in [-0.39, 0.29) is 11.5 Å². The molecule has 22 heavy (non-hydrogen) atoms. The molecule has 2 aliphatic rings. The van der Waals surface area contributed by atoms with E-state index in [0.29, 0.717) is 25.5 Å². The second kappa shape index (κ2) is 6.19. The van der Waals surface area contributed by atoms with Gasteiger partial charge in [0.05, 0.1) is 11.5 Å². The van der Waals surface area contributed by atoms with E-state index >= 15 is 0 Å². The zero-order valence-corrected chi connectivity index (χ0v) is 13.5. The van der Waals surface area contributed by atoms with E-state index in [4.69, 9.17) is 21.4 Å². The number of carboxylic acids is 1. The van der Waals surface area contributed by atoms with Crippen LogP contribution in [0, 0.1) is 12.8 Å². The summed E-state index contributed by atoms with van der Waals surface area (Å²) < 4.78 is 5.87. The number of rotatable bonds is 4. The van der Waals surface area contributed by atoms with E-state index < -0.39 is 5.97 Å². The molecule has 1 aliphatic heterocycles. The summed E-state index contributed by atoms with van der Waals surface area (Å²) in [6.45, 7) is 3.49. The van der Waals surface area contributed by atoms with Crippen LogP contribution in [0.25, 0.3) is 0 Å². The van der Waals surface area contributed by atoms with Crippen LogP contribution in [0.15, 0.2) is 18.2 Å². The minimum absolute atomic E-state index is 0.204. The Morgan fingerprint density at radius 3 is 2.91 bits per heavy atom. The Bertz CT molecular complexity index is 569.